The highest BCUT2D eigenvalue weighted by atomic mass is 16.2. The maximum atomic E-state index is 12.3. The standard InChI is InChI=1S/C14H18N2O/c1-10-4-5-12-11(9-10)3-2-8-16(12)13(17)14(15)6-7-14/h4-5,9H,2-3,6-8,15H2,1H3. The normalized spacial score (nSPS) is 20.9. The molecule has 1 aromatic rings. The Morgan fingerprint density at radius 1 is 1.41 bits per heavy atom. The predicted molar refractivity (Wildman–Crippen MR) is 68.0 cm³/mol. The molecule has 3 nitrogen and oxygen atoms in total. The molecule has 0 radical (unpaired) electrons. The second-order valence-corrected chi connectivity index (χ2v) is 5.35. The van der Waals surface area contributed by atoms with Gasteiger partial charge < -0.3 is 10.6 Å². The van der Waals surface area contributed by atoms with Crippen LogP contribution in [0.1, 0.15) is 30.4 Å². The van der Waals surface area contributed by atoms with E-state index in [1.165, 1.54) is 11.1 Å². The van der Waals surface area contributed by atoms with Gasteiger partial charge in [0.25, 0.3) is 0 Å². The maximum absolute atomic E-state index is 12.3. The summed E-state index contributed by atoms with van der Waals surface area (Å²) in [5.74, 6) is 0.113. The van der Waals surface area contributed by atoms with E-state index in [0.717, 1.165) is 37.9 Å². The van der Waals surface area contributed by atoms with E-state index < -0.39 is 5.54 Å². The number of nitrogens with two attached hydrogens (primary N) is 1. The van der Waals surface area contributed by atoms with Crippen LogP contribution in [-0.2, 0) is 11.2 Å². The molecule has 0 spiro atoms. The number of rotatable bonds is 1. The molecule has 17 heavy (non-hydrogen) atoms. The molecule has 1 aliphatic heterocycles. The Morgan fingerprint density at radius 3 is 2.88 bits per heavy atom. The summed E-state index contributed by atoms with van der Waals surface area (Å²) in [6.45, 7) is 2.90. The third kappa shape index (κ3) is 1.75. The van der Waals surface area contributed by atoms with E-state index in [4.69, 9.17) is 5.73 Å². The van der Waals surface area contributed by atoms with Crippen molar-refractivity contribution >= 4 is 11.6 Å². The lowest BCUT2D eigenvalue weighted by Crippen LogP contribution is -2.47. The number of hydrogen-bond donors (Lipinski definition) is 1. The van der Waals surface area contributed by atoms with Gasteiger partial charge in [0.05, 0.1) is 5.54 Å². The molecule has 1 aromatic carbocycles. The third-order valence-corrected chi connectivity index (χ3v) is 3.81. The monoisotopic (exact) mass is 230 g/mol. The number of fused-ring (bicyclic) bond motifs is 1. The molecule has 0 atom stereocenters. The van der Waals surface area contributed by atoms with Gasteiger partial charge in [-0.05, 0) is 44.2 Å². The minimum atomic E-state index is -0.556. The molecule has 1 saturated carbocycles. The van der Waals surface area contributed by atoms with E-state index in [0.29, 0.717) is 0 Å². The summed E-state index contributed by atoms with van der Waals surface area (Å²) < 4.78 is 0. The van der Waals surface area contributed by atoms with Gasteiger partial charge >= 0.3 is 0 Å². The summed E-state index contributed by atoms with van der Waals surface area (Å²) >= 11 is 0. The lowest BCUT2D eigenvalue weighted by molar-refractivity contribution is -0.120. The van der Waals surface area contributed by atoms with Gasteiger partial charge in [-0.1, -0.05) is 17.7 Å². The zero-order valence-corrected chi connectivity index (χ0v) is 10.2. The van der Waals surface area contributed by atoms with Crippen molar-refractivity contribution in [2.24, 2.45) is 5.73 Å². The molecule has 0 saturated heterocycles. The van der Waals surface area contributed by atoms with Crippen molar-refractivity contribution < 1.29 is 4.79 Å². The fraction of sp³-hybridized carbons (Fsp3) is 0.500. The first-order chi connectivity index (χ1) is 8.10. The smallest absolute Gasteiger partial charge is 0.247 e. The van der Waals surface area contributed by atoms with Gasteiger partial charge in [-0.2, -0.15) is 0 Å². The number of carbonyl (C=O) groups is 1. The molecule has 2 N–H and O–H groups in total. The van der Waals surface area contributed by atoms with Crippen molar-refractivity contribution in [3.8, 4) is 0 Å². The Morgan fingerprint density at radius 2 is 2.18 bits per heavy atom. The van der Waals surface area contributed by atoms with E-state index >= 15 is 0 Å². The highest BCUT2D eigenvalue weighted by Gasteiger charge is 2.48. The maximum Gasteiger partial charge on any atom is 0.247 e. The summed E-state index contributed by atoms with van der Waals surface area (Å²) in [5, 5.41) is 0. The molecular formula is C14H18N2O. The van der Waals surface area contributed by atoms with Crippen LogP contribution in [0.5, 0.6) is 0 Å². The molecule has 3 rings (SSSR count). The van der Waals surface area contributed by atoms with Crippen LogP contribution in [0.25, 0.3) is 0 Å². The first kappa shape index (κ1) is 10.8. The Hall–Kier alpha value is -1.35. The van der Waals surface area contributed by atoms with Crippen LogP contribution in [-0.4, -0.2) is 18.0 Å². The Bertz CT molecular complexity index is 477. The van der Waals surface area contributed by atoms with Crippen LogP contribution >= 0.6 is 0 Å². The average Bonchev–Trinajstić information content (AvgIpc) is 3.06. The molecule has 90 valence electrons. The van der Waals surface area contributed by atoms with Gasteiger partial charge in [0.1, 0.15) is 0 Å². The molecule has 0 bridgehead atoms. The summed E-state index contributed by atoms with van der Waals surface area (Å²) in [6, 6.07) is 6.32. The van der Waals surface area contributed by atoms with E-state index in [1.54, 1.807) is 0 Å². The lowest BCUT2D eigenvalue weighted by atomic mass is 9.98. The third-order valence-electron chi connectivity index (χ3n) is 3.81. The predicted octanol–water partition coefficient (Wildman–Crippen LogP) is 1.77. The van der Waals surface area contributed by atoms with Crippen LogP contribution in [0.4, 0.5) is 5.69 Å². The van der Waals surface area contributed by atoms with E-state index in [-0.39, 0.29) is 5.91 Å². The molecule has 2 aliphatic rings. The van der Waals surface area contributed by atoms with Gasteiger partial charge in [0.2, 0.25) is 5.91 Å². The summed E-state index contributed by atoms with van der Waals surface area (Å²) in [5.41, 5.74) is 9.08. The first-order valence-corrected chi connectivity index (χ1v) is 6.30. The zero-order valence-electron chi connectivity index (χ0n) is 10.2. The van der Waals surface area contributed by atoms with Crippen molar-refractivity contribution in [3.05, 3.63) is 29.3 Å². The number of benzene rings is 1. The van der Waals surface area contributed by atoms with Gasteiger partial charge in [-0.25, -0.2) is 0 Å². The Balaban J connectivity index is 1.96. The van der Waals surface area contributed by atoms with Crippen molar-refractivity contribution in [1.82, 2.24) is 0 Å². The van der Waals surface area contributed by atoms with Gasteiger partial charge in [0.15, 0.2) is 0 Å². The number of hydrogen-bond acceptors (Lipinski definition) is 2. The number of carbonyl (C=O) groups excluding carboxylic acids is 1. The molecule has 0 unspecified atom stereocenters. The number of nitrogens with zero attached hydrogens (tertiary/aromatic N) is 1. The van der Waals surface area contributed by atoms with Crippen molar-refractivity contribution in [3.63, 3.8) is 0 Å². The minimum absolute atomic E-state index is 0.113. The minimum Gasteiger partial charge on any atom is -0.317 e. The zero-order chi connectivity index (χ0) is 12.0. The highest BCUT2D eigenvalue weighted by Crippen LogP contribution is 2.37. The molecule has 1 fully saturated rings. The first-order valence-electron chi connectivity index (χ1n) is 6.30. The fourth-order valence-corrected chi connectivity index (χ4v) is 2.55. The molecular weight excluding hydrogens is 212 g/mol. The SMILES string of the molecule is Cc1ccc2c(c1)CCCN2C(=O)C1(N)CC1. The largest absolute Gasteiger partial charge is 0.317 e. The highest BCUT2D eigenvalue weighted by molar-refractivity contribution is 6.02. The van der Waals surface area contributed by atoms with Gasteiger partial charge in [-0.3, -0.25) is 4.79 Å². The average molecular weight is 230 g/mol. The van der Waals surface area contributed by atoms with Crippen molar-refractivity contribution in [2.75, 3.05) is 11.4 Å². The lowest BCUT2D eigenvalue weighted by Gasteiger charge is -2.31. The molecule has 1 aliphatic carbocycles. The van der Waals surface area contributed by atoms with Crippen LogP contribution in [0.3, 0.4) is 0 Å². The Labute approximate surface area is 102 Å². The van der Waals surface area contributed by atoms with Crippen LogP contribution in [0.15, 0.2) is 18.2 Å². The fourth-order valence-electron chi connectivity index (χ4n) is 2.55. The van der Waals surface area contributed by atoms with Crippen molar-refractivity contribution in [1.29, 1.82) is 0 Å². The molecule has 1 heterocycles. The van der Waals surface area contributed by atoms with Crippen LogP contribution < -0.4 is 10.6 Å². The van der Waals surface area contributed by atoms with Gasteiger partial charge in [-0.15, -0.1) is 0 Å². The van der Waals surface area contributed by atoms with Crippen molar-refractivity contribution in [2.45, 2.75) is 38.1 Å². The molecule has 3 heteroatoms. The number of aryl methyl sites for hydroxylation is 2. The summed E-state index contributed by atoms with van der Waals surface area (Å²) in [7, 11) is 0. The number of anilines is 1. The molecule has 0 aromatic heterocycles. The van der Waals surface area contributed by atoms with E-state index in [1.807, 2.05) is 4.90 Å². The van der Waals surface area contributed by atoms with Gasteiger partial charge in [0, 0.05) is 12.2 Å². The van der Waals surface area contributed by atoms with E-state index in [9.17, 15) is 4.79 Å². The summed E-state index contributed by atoms with van der Waals surface area (Å²) in [4.78, 5) is 14.2. The van der Waals surface area contributed by atoms with Crippen LogP contribution in [0.2, 0.25) is 0 Å². The summed E-state index contributed by atoms with van der Waals surface area (Å²) in [6.07, 6.45) is 3.78. The van der Waals surface area contributed by atoms with Crippen LogP contribution in [0, 0.1) is 6.92 Å². The Kier molecular flexibility index (Phi) is 2.26. The quantitative estimate of drug-likeness (QED) is 0.799. The number of amides is 1. The second-order valence-electron chi connectivity index (χ2n) is 5.35. The van der Waals surface area contributed by atoms with E-state index in [2.05, 4.69) is 25.1 Å². The second kappa shape index (κ2) is 3.57. The topological polar surface area (TPSA) is 46.3 Å². The molecule has 1 amide bonds.